The molecule has 1 aromatic rings. The van der Waals surface area contributed by atoms with Crippen LogP contribution in [0.5, 0.6) is 0 Å². The fourth-order valence-corrected chi connectivity index (χ4v) is 2.31. The summed E-state index contributed by atoms with van der Waals surface area (Å²) in [6.07, 6.45) is -0.253. The third kappa shape index (κ3) is 1.45. The van der Waals surface area contributed by atoms with Crippen LogP contribution < -0.4 is 5.73 Å². The first-order valence-corrected chi connectivity index (χ1v) is 5.22. The maximum absolute atomic E-state index is 13.3. The Hall–Kier alpha value is -0.380. The van der Waals surface area contributed by atoms with Crippen LogP contribution in [0.1, 0.15) is 12.0 Å². The molecule has 0 saturated heterocycles. The van der Waals surface area contributed by atoms with E-state index in [0.717, 1.165) is 0 Å². The molecule has 1 aliphatic carbocycles. The Morgan fingerprint density at radius 3 is 2.40 bits per heavy atom. The lowest BCUT2D eigenvalue weighted by Gasteiger charge is -2.16. The summed E-state index contributed by atoms with van der Waals surface area (Å²) in [5.74, 6) is -2.77. The highest BCUT2D eigenvalue weighted by atomic mass is 35.5. The summed E-state index contributed by atoms with van der Waals surface area (Å²) in [6.45, 7) is -0.125. The lowest BCUT2D eigenvalue weighted by Crippen LogP contribution is -2.27. The number of alkyl halides is 2. The zero-order chi connectivity index (χ0) is 11.3. The molecule has 15 heavy (non-hydrogen) atoms. The van der Waals surface area contributed by atoms with E-state index in [4.69, 9.17) is 28.9 Å². The molecule has 1 aliphatic rings. The Kier molecular flexibility index (Phi) is 2.45. The van der Waals surface area contributed by atoms with Gasteiger partial charge in [0.2, 0.25) is 0 Å². The molecule has 82 valence electrons. The number of hydrogen-bond donors (Lipinski definition) is 1. The van der Waals surface area contributed by atoms with Gasteiger partial charge in [0.15, 0.2) is 0 Å². The van der Waals surface area contributed by atoms with Crippen LogP contribution in [0.4, 0.5) is 8.78 Å². The summed E-state index contributed by atoms with van der Waals surface area (Å²) >= 11 is 11.7. The second-order valence-electron chi connectivity index (χ2n) is 3.77. The van der Waals surface area contributed by atoms with Crippen LogP contribution in [0.3, 0.4) is 0 Å². The molecule has 1 fully saturated rings. The molecule has 0 bridgehead atoms. The minimum atomic E-state index is -2.77. The number of benzene rings is 1. The van der Waals surface area contributed by atoms with Gasteiger partial charge in [0.1, 0.15) is 0 Å². The Morgan fingerprint density at radius 2 is 1.93 bits per heavy atom. The van der Waals surface area contributed by atoms with Gasteiger partial charge in [-0.1, -0.05) is 35.3 Å². The molecule has 0 aromatic heterocycles. The molecule has 0 heterocycles. The molecule has 2 rings (SSSR count). The monoisotopic (exact) mass is 251 g/mol. The highest BCUT2D eigenvalue weighted by molar-refractivity contribution is 6.42. The third-order valence-electron chi connectivity index (χ3n) is 2.91. The molecule has 1 saturated carbocycles. The third-order valence-corrected chi connectivity index (χ3v) is 3.73. The molecule has 0 aliphatic heterocycles. The quantitative estimate of drug-likeness (QED) is 0.859. The van der Waals surface area contributed by atoms with Gasteiger partial charge < -0.3 is 5.73 Å². The minimum Gasteiger partial charge on any atom is -0.329 e. The van der Waals surface area contributed by atoms with E-state index in [0.29, 0.717) is 5.56 Å². The number of rotatable bonds is 2. The van der Waals surface area contributed by atoms with Crippen LogP contribution in [-0.2, 0) is 5.41 Å². The van der Waals surface area contributed by atoms with Crippen LogP contribution in [0, 0.1) is 0 Å². The summed E-state index contributed by atoms with van der Waals surface area (Å²) < 4.78 is 26.5. The second-order valence-corrected chi connectivity index (χ2v) is 4.55. The standard InChI is InChI=1S/C10H9Cl2F2N/c11-7-3-1-2-6(8(7)12)9(5-15)4-10(9,13)14/h1-3H,4-5,15H2. The smallest absolute Gasteiger partial charge is 0.260 e. The fraction of sp³-hybridized carbons (Fsp3) is 0.400. The summed E-state index contributed by atoms with van der Waals surface area (Å²) in [4.78, 5) is 0. The fourth-order valence-electron chi connectivity index (χ4n) is 1.83. The summed E-state index contributed by atoms with van der Waals surface area (Å²) in [7, 11) is 0. The van der Waals surface area contributed by atoms with Crippen LogP contribution in [0.15, 0.2) is 18.2 Å². The number of halogens is 4. The molecule has 1 nitrogen and oxygen atoms in total. The highest BCUT2D eigenvalue weighted by Gasteiger charge is 2.71. The van der Waals surface area contributed by atoms with E-state index in [9.17, 15) is 8.78 Å². The lowest BCUT2D eigenvalue weighted by molar-refractivity contribution is 0.0896. The van der Waals surface area contributed by atoms with Crippen molar-refractivity contribution in [3.05, 3.63) is 33.8 Å². The number of nitrogens with two attached hydrogens (primary N) is 1. The van der Waals surface area contributed by atoms with E-state index >= 15 is 0 Å². The van der Waals surface area contributed by atoms with Crippen LogP contribution >= 0.6 is 23.2 Å². The maximum atomic E-state index is 13.3. The van der Waals surface area contributed by atoms with E-state index in [1.54, 1.807) is 18.2 Å². The predicted octanol–water partition coefficient (Wildman–Crippen LogP) is 3.23. The van der Waals surface area contributed by atoms with Gasteiger partial charge in [0.25, 0.3) is 5.92 Å². The van der Waals surface area contributed by atoms with Crippen molar-refractivity contribution in [3.63, 3.8) is 0 Å². The van der Waals surface area contributed by atoms with Crippen molar-refractivity contribution in [2.45, 2.75) is 17.8 Å². The van der Waals surface area contributed by atoms with Crippen molar-refractivity contribution in [1.29, 1.82) is 0 Å². The number of hydrogen-bond acceptors (Lipinski definition) is 1. The first-order valence-electron chi connectivity index (χ1n) is 4.47. The van der Waals surface area contributed by atoms with Crippen molar-refractivity contribution in [3.8, 4) is 0 Å². The van der Waals surface area contributed by atoms with Gasteiger partial charge in [-0.25, -0.2) is 8.78 Å². The normalized spacial score (nSPS) is 27.8. The van der Waals surface area contributed by atoms with Gasteiger partial charge in [-0.3, -0.25) is 0 Å². The highest BCUT2D eigenvalue weighted by Crippen LogP contribution is 2.62. The molecule has 0 spiro atoms. The maximum Gasteiger partial charge on any atom is 0.260 e. The second kappa shape index (κ2) is 3.30. The summed E-state index contributed by atoms with van der Waals surface area (Å²) in [6, 6.07) is 4.73. The summed E-state index contributed by atoms with van der Waals surface area (Å²) in [5.41, 5.74) is 4.45. The average Bonchev–Trinajstić information content (AvgIpc) is 2.74. The van der Waals surface area contributed by atoms with E-state index in [1.807, 2.05) is 0 Å². The van der Waals surface area contributed by atoms with E-state index < -0.39 is 11.3 Å². The SMILES string of the molecule is NCC1(c2cccc(Cl)c2Cl)CC1(F)F. The molecule has 0 amide bonds. The topological polar surface area (TPSA) is 26.0 Å². The zero-order valence-electron chi connectivity index (χ0n) is 7.74. The van der Waals surface area contributed by atoms with E-state index in [2.05, 4.69) is 0 Å². The van der Waals surface area contributed by atoms with Crippen molar-refractivity contribution in [2.75, 3.05) is 6.54 Å². The Labute approximate surface area is 96.2 Å². The average molecular weight is 252 g/mol. The largest absolute Gasteiger partial charge is 0.329 e. The van der Waals surface area contributed by atoms with Crippen molar-refractivity contribution in [2.24, 2.45) is 5.73 Å². The van der Waals surface area contributed by atoms with Crippen LogP contribution in [-0.4, -0.2) is 12.5 Å². The van der Waals surface area contributed by atoms with Gasteiger partial charge in [-0.15, -0.1) is 0 Å². The van der Waals surface area contributed by atoms with E-state index in [-0.39, 0.29) is 23.0 Å². The lowest BCUT2D eigenvalue weighted by atomic mass is 9.95. The summed E-state index contributed by atoms with van der Waals surface area (Å²) in [5, 5.41) is 0.464. The van der Waals surface area contributed by atoms with Gasteiger partial charge in [0.05, 0.1) is 15.5 Å². The van der Waals surface area contributed by atoms with Crippen molar-refractivity contribution in [1.82, 2.24) is 0 Å². The Morgan fingerprint density at radius 1 is 1.33 bits per heavy atom. The Balaban J connectivity index is 2.51. The zero-order valence-corrected chi connectivity index (χ0v) is 9.25. The molecule has 0 radical (unpaired) electrons. The van der Waals surface area contributed by atoms with Gasteiger partial charge in [-0.2, -0.15) is 0 Å². The molecular formula is C10H9Cl2F2N. The molecular weight excluding hydrogens is 243 g/mol. The van der Waals surface area contributed by atoms with Crippen molar-refractivity contribution >= 4 is 23.2 Å². The first-order chi connectivity index (χ1) is 6.94. The molecule has 1 unspecified atom stereocenters. The van der Waals surface area contributed by atoms with Crippen molar-refractivity contribution < 1.29 is 8.78 Å². The van der Waals surface area contributed by atoms with E-state index in [1.165, 1.54) is 0 Å². The molecule has 1 atom stereocenters. The van der Waals surface area contributed by atoms with Gasteiger partial charge >= 0.3 is 0 Å². The molecule has 2 N–H and O–H groups in total. The van der Waals surface area contributed by atoms with Gasteiger partial charge in [0, 0.05) is 13.0 Å². The first kappa shape index (κ1) is 11.1. The van der Waals surface area contributed by atoms with Crippen LogP contribution in [0.2, 0.25) is 10.0 Å². The molecule has 5 heteroatoms. The predicted molar refractivity (Wildman–Crippen MR) is 56.8 cm³/mol. The van der Waals surface area contributed by atoms with Gasteiger partial charge in [-0.05, 0) is 11.6 Å². The Bertz CT molecular complexity index is 408. The minimum absolute atomic E-state index is 0.125. The van der Waals surface area contributed by atoms with Crippen LogP contribution in [0.25, 0.3) is 0 Å². The molecule has 1 aromatic carbocycles.